The molecule has 0 aliphatic carbocycles. The molecule has 190 valence electrons. The Balaban J connectivity index is 1.54. The molecule has 1 N–H and O–H groups in total. The molecule has 0 saturated heterocycles. The van der Waals surface area contributed by atoms with Crippen molar-refractivity contribution in [1.29, 1.82) is 0 Å². The van der Waals surface area contributed by atoms with Gasteiger partial charge >= 0.3 is 6.03 Å². The van der Waals surface area contributed by atoms with Gasteiger partial charge in [-0.1, -0.05) is 54.1 Å². The molecule has 0 saturated carbocycles. The van der Waals surface area contributed by atoms with Crippen molar-refractivity contribution in [3.63, 3.8) is 0 Å². The maximum atomic E-state index is 14.1. The third-order valence-electron chi connectivity index (χ3n) is 7.18. The van der Waals surface area contributed by atoms with E-state index < -0.39 is 0 Å². The van der Waals surface area contributed by atoms with Crippen LogP contribution in [-0.2, 0) is 6.54 Å². The standard InChI is InChI=1S/C32H31N5O/c1-21-10-8-11-25(17-21)30-29-14-9-15-35(29)31-28(24(4)34-37(31)27-12-6-5-7-13-27)20-36(30)32(38)33-26-18-22(2)16-23(3)19-26/h5-19,30H,20H2,1-4H3,(H,33,38)/t30-/m1/s1. The van der Waals surface area contributed by atoms with Crippen LogP contribution in [0.3, 0.4) is 0 Å². The lowest BCUT2D eigenvalue weighted by Crippen LogP contribution is -2.38. The minimum absolute atomic E-state index is 0.144. The Labute approximate surface area is 223 Å². The van der Waals surface area contributed by atoms with E-state index in [0.29, 0.717) is 6.54 Å². The summed E-state index contributed by atoms with van der Waals surface area (Å²) in [5.74, 6) is 0.966. The van der Waals surface area contributed by atoms with E-state index in [2.05, 4.69) is 71.5 Å². The van der Waals surface area contributed by atoms with E-state index in [4.69, 9.17) is 5.10 Å². The summed E-state index contributed by atoms with van der Waals surface area (Å²) in [5.41, 5.74) is 9.18. The zero-order chi connectivity index (χ0) is 26.4. The van der Waals surface area contributed by atoms with E-state index >= 15 is 0 Å². The van der Waals surface area contributed by atoms with Gasteiger partial charge in [0.15, 0.2) is 0 Å². The fourth-order valence-corrected chi connectivity index (χ4v) is 5.58. The van der Waals surface area contributed by atoms with Gasteiger partial charge in [-0.05, 0) is 80.8 Å². The summed E-state index contributed by atoms with van der Waals surface area (Å²) < 4.78 is 4.19. The molecule has 0 unspecified atom stereocenters. The second kappa shape index (κ2) is 9.38. The van der Waals surface area contributed by atoms with Crippen LogP contribution in [0.4, 0.5) is 10.5 Å². The second-order valence-corrected chi connectivity index (χ2v) is 10.2. The Bertz CT molecular complexity index is 1630. The van der Waals surface area contributed by atoms with Crippen molar-refractivity contribution in [3.8, 4) is 11.5 Å². The number of aromatic nitrogens is 3. The Morgan fingerprint density at radius 3 is 2.34 bits per heavy atom. The van der Waals surface area contributed by atoms with E-state index in [0.717, 1.165) is 56.4 Å². The number of urea groups is 1. The SMILES string of the molecule is Cc1cc(C)cc(NC(=O)N2Cc3c(C)nn(-c4ccccc4)c3-n3cccc3[C@H]2c2cccc(C)c2)c1. The number of hydrogen-bond acceptors (Lipinski definition) is 2. The quantitative estimate of drug-likeness (QED) is 0.288. The number of anilines is 1. The largest absolute Gasteiger partial charge is 0.322 e. The first-order chi connectivity index (χ1) is 18.4. The van der Waals surface area contributed by atoms with Crippen molar-refractivity contribution < 1.29 is 4.79 Å². The highest BCUT2D eigenvalue weighted by Gasteiger charge is 2.36. The number of hydrogen-bond donors (Lipinski definition) is 1. The number of carbonyl (C=O) groups is 1. The molecule has 3 aromatic carbocycles. The summed E-state index contributed by atoms with van der Waals surface area (Å²) in [6, 6.07) is 28.5. The summed E-state index contributed by atoms with van der Waals surface area (Å²) in [6.07, 6.45) is 2.07. The molecule has 38 heavy (non-hydrogen) atoms. The number of benzene rings is 3. The molecule has 3 heterocycles. The van der Waals surface area contributed by atoms with Crippen LogP contribution >= 0.6 is 0 Å². The molecule has 0 spiro atoms. The van der Waals surface area contributed by atoms with Crippen LogP contribution in [0.1, 0.15) is 45.2 Å². The summed E-state index contributed by atoms with van der Waals surface area (Å²) in [6.45, 7) is 8.62. The van der Waals surface area contributed by atoms with E-state index in [9.17, 15) is 4.79 Å². The molecule has 6 rings (SSSR count). The van der Waals surface area contributed by atoms with Gasteiger partial charge < -0.3 is 14.8 Å². The predicted molar refractivity (Wildman–Crippen MR) is 151 cm³/mol. The highest BCUT2D eigenvalue weighted by Crippen LogP contribution is 2.39. The number of nitrogens with one attached hydrogen (secondary N) is 1. The number of amides is 2. The van der Waals surface area contributed by atoms with Gasteiger partial charge in [0.1, 0.15) is 5.82 Å². The van der Waals surface area contributed by atoms with Gasteiger partial charge in [0, 0.05) is 17.4 Å². The lowest BCUT2D eigenvalue weighted by Gasteiger charge is -2.31. The Hall–Kier alpha value is -4.58. The maximum Gasteiger partial charge on any atom is 0.322 e. The molecule has 5 aromatic rings. The van der Waals surface area contributed by atoms with Crippen LogP contribution in [0.2, 0.25) is 0 Å². The van der Waals surface area contributed by atoms with Gasteiger partial charge in [0.25, 0.3) is 0 Å². The average molecular weight is 502 g/mol. The Kier molecular flexibility index (Phi) is 5.87. The molecule has 0 bridgehead atoms. The number of aryl methyl sites for hydroxylation is 4. The van der Waals surface area contributed by atoms with Crippen LogP contribution in [0.25, 0.3) is 11.5 Å². The number of carbonyl (C=O) groups excluding carboxylic acids is 1. The van der Waals surface area contributed by atoms with Gasteiger partial charge in [-0.3, -0.25) is 0 Å². The van der Waals surface area contributed by atoms with Gasteiger partial charge in [-0.2, -0.15) is 5.10 Å². The predicted octanol–water partition coefficient (Wildman–Crippen LogP) is 7.03. The molecule has 0 fully saturated rings. The highest BCUT2D eigenvalue weighted by molar-refractivity contribution is 5.90. The lowest BCUT2D eigenvalue weighted by atomic mass is 10.00. The minimum Gasteiger partial charge on any atom is -0.308 e. The number of nitrogens with zero attached hydrogens (tertiary/aromatic N) is 4. The van der Waals surface area contributed by atoms with Crippen molar-refractivity contribution >= 4 is 11.7 Å². The van der Waals surface area contributed by atoms with Crippen molar-refractivity contribution in [1.82, 2.24) is 19.2 Å². The van der Waals surface area contributed by atoms with Crippen LogP contribution in [0, 0.1) is 27.7 Å². The minimum atomic E-state index is -0.285. The van der Waals surface area contributed by atoms with Gasteiger partial charge in [0.05, 0.1) is 29.7 Å². The smallest absolute Gasteiger partial charge is 0.308 e. The molecule has 2 amide bonds. The van der Waals surface area contributed by atoms with E-state index in [1.54, 1.807) is 0 Å². The molecule has 1 atom stereocenters. The van der Waals surface area contributed by atoms with Crippen molar-refractivity contribution in [3.05, 3.63) is 130 Å². The molecular formula is C32H31N5O. The second-order valence-electron chi connectivity index (χ2n) is 10.2. The summed E-state index contributed by atoms with van der Waals surface area (Å²) in [7, 11) is 0. The average Bonchev–Trinajstić information content (AvgIpc) is 3.44. The number of rotatable bonds is 3. The molecule has 1 aliphatic heterocycles. The van der Waals surface area contributed by atoms with E-state index in [1.807, 2.05) is 66.8 Å². The third-order valence-corrected chi connectivity index (χ3v) is 7.18. The first kappa shape index (κ1) is 23.8. The number of para-hydroxylation sites is 1. The Morgan fingerprint density at radius 1 is 0.842 bits per heavy atom. The van der Waals surface area contributed by atoms with Gasteiger partial charge in [-0.25, -0.2) is 9.48 Å². The Morgan fingerprint density at radius 2 is 1.61 bits per heavy atom. The summed E-state index contributed by atoms with van der Waals surface area (Å²) in [5, 5.41) is 8.13. The molecule has 2 aromatic heterocycles. The van der Waals surface area contributed by atoms with Crippen LogP contribution < -0.4 is 5.32 Å². The molecule has 6 nitrogen and oxygen atoms in total. The zero-order valence-electron chi connectivity index (χ0n) is 22.1. The topological polar surface area (TPSA) is 55.1 Å². The fraction of sp³-hybridized carbons (Fsp3) is 0.188. The number of fused-ring (bicyclic) bond motifs is 3. The fourth-order valence-electron chi connectivity index (χ4n) is 5.58. The maximum absolute atomic E-state index is 14.1. The molecular weight excluding hydrogens is 470 g/mol. The van der Waals surface area contributed by atoms with Crippen LogP contribution in [0.5, 0.6) is 0 Å². The van der Waals surface area contributed by atoms with Crippen LogP contribution in [-0.4, -0.2) is 25.3 Å². The van der Waals surface area contributed by atoms with Crippen molar-refractivity contribution in [2.75, 3.05) is 5.32 Å². The van der Waals surface area contributed by atoms with Crippen molar-refractivity contribution in [2.24, 2.45) is 0 Å². The first-order valence-corrected chi connectivity index (χ1v) is 12.9. The summed E-state index contributed by atoms with van der Waals surface area (Å²) in [4.78, 5) is 16.1. The van der Waals surface area contributed by atoms with E-state index in [1.165, 1.54) is 0 Å². The van der Waals surface area contributed by atoms with E-state index in [-0.39, 0.29) is 12.1 Å². The third kappa shape index (κ3) is 4.18. The first-order valence-electron chi connectivity index (χ1n) is 12.9. The highest BCUT2D eigenvalue weighted by atomic mass is 16.2. The molecule has 0 radical (unpaired) electrons. The molecule has 6 heteroatoms. The van der Waals surface area contributed by atoms with Gasteiger partial charge in [0.2, 0.25) is 0 Å². The lowest BCUT2D eigenvalue weighted by molar-refractivity contribution is 0.194. The normalized spacial score (nSPS) is 14.5. The van der Waals surface area contributed by atoms with Gasteiger partial charge in [-0.15, -0.1) is 0 Å². The van der Waals surface area contributed by atoms with Crippen LogP contribution in [0.15, 0.2) is 91.1 Å². The zero-order valence-corrected chi connectivity index (χ0v) is 22.1. The summed E-state index contributed by atoms with van der Waals surface area (Å²) >= 11 is 0. The molecule has 1 aliphatic rings. The van der Waals surface area contributed by atoms with Crippen molar-refractivity contribution in [2.45, 2.75) is 40.3 Å². The monoisotopic (exact) mass is 501 g/mol.